The molecule has 1 aromatic heterocycles. The fraction of sp³-hybridized carbons (Fsp3) is 0.429. The maximum atomic E-state index is 13.8. The highest BCUT2D eigenvalue weighted by atomic mass is 16.5. The highest BCUT2D eigenvalue weighted by Crippen LogP contribution is 2.47. The number of piperazine rings is 1. The molecule has 190 valence electrons. The van der Waals surface area contributed by atoms with Crippen molar-refractivity contribution in [2.75, 3.05) is 34.4 Å². The molecule has 36 heavy (non-hydrogen) atoms. The summed E-state index contributed by atoms with van der Waals surface area (Å²) < 4.78 is 16.8. The van der Waals surface area contributed by atoms with Crippen LogP contribution in [-0.4, -0.2) is 67.1 Å². The van der Waals surface area contributed by atoms with Crippen LogP contribution >= 0.6 is 0 Å². The number of carbonyl (C=O) groups is 2. The minimum Gasteiger partial charge on any atom is -0.493 e. The van der Waals surface area contributed by atoms with Gasteiger partial charge in [-0.05, 0) is 41.7 Å². The molecule has 5 rings (SSSR count). The quantitative estimate of drug-likeness (QED) is 0.542. The summed E-state index contributed by atoms with van der Waals surface area (Å²) in [5, 5.41) is 1.07. The summed E-state index contributed by atoms with van der Waals surface area (Å²) in [6.07, 6.45) is 1.34. The van der Waals surface area contributed by atoms with E-state index in [1.165, 1.54) is 0 Å². The molecule has 3 heterocycles. The van der Waals surface area contributed by atoms with Crippen molar-refractivity contribution in [3.63, 3.8) is 0 Å². The van der Waals surface area contributed by atoms with Crippen molar-refractivity contribution in [3.05, 3.63) is 53.2 Å². The zero-order valence-electron chi connectivity index (χ0n) is 21.5. The SMILES string of the molecule is COc1cc(C2c3[nH]c4ccccc4c3C[C@H]3C(=O)N(CCC(C)C)CC(=O)N23)cc(OC)c1OC. The molecule has 1 fully saturated rings. The average Bonchev–Trinajstić information content (AvgIpc) is 3.26. The molecule has 0 aliphatic carbocycles. The summed E-state index contributed by atoms with van der Waals surface area (Å²) in [4.78, 5) is 34.5. The number of nitrogens with zero attached hydrogens (tertiary/aromatic N) is 2. The third-order valence-electron chi connectivity index (χ3n) is 7.32. The number of hydrogen-bond acceptors (Lipinski definition) is 5. The number of aromatic nitrogens is 1. The predicted octanol–water partition coefficient (Wildman–Crippen LogP) is 3.92. The molecule has 2 aromatic carbocycles. The van der Waals surface area contributed by atoms with E-state index in [9.17, 15) is 9.59 Å². The van der Waals surface area contributed by atoms with E-state index in [-0.39, 0.29) is 18.4 Å². The van der Waals surface area contributed by atoms with Gasteiger partial charge in [0.05, 0.1) is 33.9 Å². The molecule has 0 radical (unpaired) electrons. The maximum Gasteiger partial charge on any atom is 0.246 e. The fourth-order valence-corrected chi connectivity index (χ4v) is 5.53. The molecule has 1 unspecified atom stereocenters. The standard InChI is InChI=1S/C28H33N3O5/c1-16(2)10-11-30-15-24(32)31-21(28(30)33)14-19-18-8-6-7-9-20(18)29-25(19)26(31)17-12-22(34-3)27(36-5)23(13-17)35-4/h6-9,12-13,16,21,26,29H,10-11,14-15H2,1-5H3/t21-,26?/m0/s1. The molecule has 1 N–H and O–H groups in total. The van der Waals surface area contributed by atoms with Crippen LogP contribution in [0.1, 0.15) is 43.1 Å². The molecule has 1 saturated heterocycles. The Kier molecular flexibility index (Phi) is 6.28. The van der Waals surface area contributed by atoms with Crippen LogP contribution in [0.2, 0.25) is 0 Å². The molecular weight excluding hydrogens is 458 g/mol. The second-order valence-corrected chi connectivity index (χ2v) is 9.89. The smallest absolute Gasteiger partial charge is 0.246 e. The maximum absolute atomic E-state index is 13.8. The van der Waals surface area contributed by atoms with Gasteiger partial charge in [0.15, 0.2) is 11.5 Å². The van der Waals surface area contributed by atoms with Crippen LogP contribution in [0.25, 0.3) is 10.9 Å². The van der Waals surface area contributed by atoms with E-state index in [0.29, 0.717) is 36.1 Å². The van der Waals surface area contributed by atoms with Crippen molar-refractivity contribution in [1.82, 2.24) is 14.8 Å². The lowest BCUT2D eigenvalue weighted by Crippen LogP contribution is -2.63. The summed E-state index contributed by atoms with van der Waals surface area (Å²) >= 11 is 0. The van der Waals surface area contributed by atoms with Gasteiger partial charge in [0.25, 0.3) is 0 Å². The number of nitrogens with one attached hydrogen (secondary N) is 1. The number of ether oxygens (including phenoxy) is 3. The van der Waals surface area contributed by atoms with E-state index >= 15 is 0 Å². The summed E-state index contributed by atoms with van der Waals surface area (Å²) in [5.41, 5.74) is 3.76. The largest absolute Gasteiger partial charge is 0.493 e. The second-order valence-electron chi connectivity index (χ2n) is 9.89. The number of amides is 2. The highest BCUT2D eigenvalue weighted by molar-refractivity contribution is 5.97. The Labute approximate surface area is 211 Å². The van der Waals surface area contributed by atoms with Gasteiger partial charge in [-0.15, -0.1) is 0 Å². The molecule has 2 atom stereocenters. The van der Waals surface area contributed by atoms with Crippen LogP contribution in [0.3, 0.4) is 0 Å². The van der Waals surface area contributed by atoms with Gasteiger partial charge in [-0.3, -0.25) is 9.59 Å². The molecule has 0 spiro atoms. The number of carbonyl (C=O) groups excluding carboxylic acids is 2. The normalized spacial score (nSPS) is 19.5. The lowest BCUT2D eigenvalue weighted by atomic mass is 9.86. The van der Waals surface area contributed by atoms with Crippen molar-refractivity contribution in [1.29, 1.82) is 0 Å². The first-order chi connectivity index (χ1) is 17.4. The Hall–Kier alpha value is -3.68. The Morgan fingerprint density at radius 2 is 1.72 bits per heavy atom. The summed E-state index contributed by atoms with van der Waals surface area (Å²) in [6.45, 7) is 4.92. The molecule has 0 bridgehead atoms. The van der Waals surface area contributed by atoms with Crippen molar-refractivity contribution in [2.45, 2.75) is 38.8 Å². The Morgan fingerprint density at radius 3 is 2.36 bits per heavy atom. The summed E-state index contributed by atoms with van der Waals surface area (Å²) in [6, 6.07) is 10.7. The van der Waals surface area contributed by atoms with E-state index < -0.39 is 12.1 Å². The van der Waals surface area contributed by atoms with Gasteiger partial charge in [-0.25, -0.2) is 0 Å². The number of hydrogen-bond donors (Lipinski definition) is 1. The van der Waals surface area contributed by atoms with Gasteiger partial charge in [0.2, 0.25) is 17.6 Å². The van der Waals surface area contributed by atoms with Crippen LogP contribution in [0.5, 0.6) is 17.2 Å². The molecular formula is C28H33N3O5. The van der Waals surface area contributed by atoms with Crippen molar-refractivity contribution >= 4 is 22.7 Å². The van der Waals surface area contributed by atoms with E-state index in [4.69, 9.17) is 14.2 Å². The molecule has 0 saturated carbocycles. The molecule has 8 nitrogen and oxygen atoms in total. The van der Waals surface area contributed by atoms with Crippen LogP contribution < -0.4 is 14.2 Å². The van der Waals surface area contributed by atoms with Crippen LogP contribution in [-0.2, 0) is 16.0 Å². The molecule has 2 amide bonds. The minimum atomic E-state index is -0.575. The third kappa shape index (κ3) is 3.85. The van der Waals surface area contributed by atoms with E-state index in [2.05, 4.69) is 24.9 Å². The van der Waals surface area contributed by atoms with Crippen LogP contribution in [0, 0.1) is 5.92 Å². The molecule has 2 aliphatic heterocycles. The van der Waals surface area contributed by atoms with Gasteiger partial charge in [-0.2, -0.15) is 0 Å². The average molecular weight is 492 g/mol. The number of methoxy groups -OCH3 is 3. The van der Waals surface area contributed by atoms with E-state index in [1.54, 1.807) is 31.1 Å². The van der Waals surface area contributed by atoms with Crippen molar-refractivity contribution in [2.24, 2.45) is 5.92 Å². The Morgan fingerprint density at radius 1 is 1.03 bits per heavy atom. The summed E-state index contributed by atoms with van der Waals surface area (Å²) in [7, 11) is 4.70. The topological polar surface area (TPSA) is 84.1 Å². The number of para-hydroxylation sites is 1. The number of rotatable bonds is 7. The Balaban J connectivity index is 1.68. The number of aromatic amines is 1. The lowest BCUT2D eigenvalue weighted by molar-refractivity contribution is -0.158. The van der Waals surface area contributed by atoms with Crippen molar-refractivity contribution in [3.8, 4) is 17.2 Å². The van der Waals surface area contributed by atoms with Gasteiger partial charge in [0, 0.05) is 29.6 Å². The second kappa shape index (κ2) is 9.41. The monoisotopic (exact) mass is 491 g/mol. The third-order valence-corrected chi connectivity index (χ3v) is 7.32. The predicted molar refractivity (Wildman–Crippen MR) is 137 cm³/mol. The summed E-state index contributed by atoms with van der Waals surface area (Å²) in [5.74, 6) is 1.87. The lowest BCUT2D eigenvalue weighted by Gasteiger charge is -2.47. The molecule has 2 aliphatic rings. The molecule has 8 heteroatoms. The van der Waals surface area contributed by atoms with E-state index in [1.807, 2.05) is 30.3 Å². The number of fused-ring (bicyclic) bond motifs is 4. The first kappa shape index (κ1) is 24.0. The van der Waals surface area contributed by atoms with Gasteiger partial charge >= 0.3 is 0 Å². The number of benzene rings is 2. The first-order valence-corrected chi connectivity index (χ1v) is 12.4. The minimum absolute atomic E-state index is 0.00335. The van der Waals surface area contributed by atoms with Crippen molar-refractivity contribution < 1.29 is 23.8 Å². The van der Waals surface area contributed by atoms with Crippen LogP contribution in [0.15, 0.2) is 36.4 Å². The van der Waals surface area contributed by atoms with Gasteiger partial charge in [-0.1, -0.05) is 32.0 Å². The first-order valence-electron chi connectivity index (χ1n) is 12.4. The molecule has 3 aromatic rings. The van der Waals surface area contributed by atoms with E-state index in [0.717, 1.165) is 34.1 Å². The highest BCUT2D eigenvalue weighted by Gasteiger charge is 2.48. The fourth-order valence-electron chi connectivity index (χ4n) is 5.53. The van der Waals surface area contributed by atoms with Crippen LogP contribution in [0.4, 0.5) is 0 Å². The van der Waals surface area contributed by atoms with Gasteiger partial charge in [0.1, 0.15) is 6.04 Å². The zero-order chi connectivity index (χ0) is 25.6. The van der Waals surface area contributed by atoms with Gasteiger partial charge < -0.3 is 29.0 Å². The number of H-pyrrole nitrogens is 1. The Bertz CT molecular complexity index is 1290. The zero-order valence-corrected chi connectivity index (χ0v) is 21.5.